The first-order chi connectivity index (χ1) is 6.59. The summed E-state index contributed by atoms with van der Waals surface area (Å²) in [6.07, 6.45) is 0. The Morgan fingerprint density at radius 1 is 1.36 bits per heavy atom. The molecule has 14 heavy (non-hydrogen) atoms. The molecule has 1 heterocycles. The summed E-state index contributed by atoms with van der Waals surface area (Å²) < 4.78 is 23.7. The van der Waals surface area contributed by atoms with E-state index in [2.05, 4.69) is 5.32 Å². The maximum atomic E-state index is 11.9. The first-order valence-corrected chi connectivity index (χ1v) is 6.30. The lowest BCUT2D eigenvalue weighted by molar-refractivity contribution is 0.582. The highest BCUT2D eigenvalue weighted by Crippen LogP contribution is 2.26. The van der Waals surface area contributed by atoms with Crippen LogP contribution in [-0.2, 0) is 9.84 Å². The third-order valence-corrected chi connectivity index (χ3v) is 4.40. The zero-order valence-electron chi connectivity index (χ0n) is 8.03. The fraction of sp³-hybridized carbons (Fsp3) is 0.400. The van der Waals surface area contributed by atoms with Crippen molar-refractivity contribution in [3.05, 3.63) is 24.3 Å². The van der Waals surface area contributed by atoms with Gasteiger partial charge in [0.2, 0.25) is 0 Å². The largest absolute Gasteiger partial charge is 0.384 e. The van der Waals surface area contributed by atoms with Crippen LogP contribution < -0.4 is 5.32 Å². The fourth-order valence-electron chi connectivity index (χ4n) is 1.69. The molecule has 3 nitrogen and oxygen atoms in total. The van der Waals surface area contributed by atoms with Crippen molar-refractivity contribution >= 4 is 15.5 Å². The molecule has 1 unspecified atom stereocenters. The Hall–Kier alpha value is -1.03. The Balaban J connectivity index is 2.57. The standard InChI is InChI=1S/C10H13NO2S/c1-8-6-11-9-4-2-3-5-10(9)14(12,13)7-8/h2-5,8,11H,6-7H2,1H3. The summed E-state index contributed by atoms with van der Waals surface area (Å²) in [7, 11) is -3.09. The molecule has 1 aliphatic heterocycles. The lowest BCUT2D eigenvalue weighted by atomic mass is 10.2. The average Bonchev–Trinajstić information content (AvgIpc) is 2.24. The van der Waals surface area contributed by atoms with Gasteiger partial charge < -0.3 is 5.32 Å². The first kappa shape index (κ1) is 9.52. The minimum Gasteiger partial charge on any atom is -0.384 e. The molecule has 1 aromatic carbocycles. The molecular formula is C10H13NO2S. The number of hydrogen-bond acceptors (Lipinski definition) is 3. The highest BCUT2D eigenvalue weighted by molar-refractivity contribution is 7.91. The summed E-state index contributed by atoms with van der Waals surface area (Å²) in [5.41, 5.74) is 0.733. The van der Waals surface area contributed by atoms with Crippen LogP contribution >= 0.6 is 0 Å². The second-order valence-corrected chi connectivity index (χ2v) is 5.77. The number of fused-ring (bicyclic) bond motifs is 1. The molecule has 1 aliphatic rings. The lowest BCUT2D eigenvalue weighted by Gasteiger charge is -2.05. The van der Waals surface area contributed by atoms with Gasteiger partial charge in [0.05, 0.1) is 16.3 Å². The van der Waals surface area contributed by atoms with Crippen LogP contribution in [0, 0.1) is 5.92 Å². The number of para-hydroxylation sites is 1. The third kappa shape index (κ3) is 1.62. The van der Waals surface area contributed by atoms with Gasteiger partial charge in [-0.05, 0) is 18.1 Å². The summed E-state index contributed by atoms with van der Waals surface area (Å²) in [5.74, 6) is 0.393. The molecule has 0 aromatic heterocycles. The molecule has 0 saturated carbocycles. The number of anilines is 1. The molecule has 0 saturated heterocycles. The quantitative estimate of drug-likeness (QED) is 0.707. The van der Waals surface area contributed by atoms with Crippen molar-refractivity contribution in [1.82, 2.24) is 0 Å². The number of nitrogens with one attached hydrogen (secondary N) is 1. The molecule has 1 aromatic rings. The van der Waals surface area contributed by atoms with E-state index in [-0.39, 0.29) is 11.7 Å². The second-order valence-electron chi connectivity index (χ2n) is 3.76. The Labute approximate surface area is 84.1 Å². The summed E-state index contributed by atoms with van der Waals surface area (Å²) in [4.78, 5) is 0.435. The van der Waals surface area contributed by atoms with Crippen molar-refractivity contribution in [3.8, 4) is 0 Å². The van der Waals surface area contributed by atoms with E-state index in [9.17, 15) is 8.42 Å². The Kier molecular flexibility index (Phi) is 2.23. The Bertz CT molecular complexity index is 439. The molecule has 1 atom stereocenters. The molecule has 4 heteroatoms. The fourth-order valence-corrected chi connectivity index (χ4v) is 3.50. The molecule has 1 N–H and O–H groups in total. The van der Waals surface area contributed by atoms with E-state index in [0.717, 1.165) is 12.2 Å². The van der Waals surface area contributed by atoms with Crippen molar-refractivity contribution in [2.45, 2.75) is 11.8 Å². The van der Waals surface area contributed by atoms with Crippen molar-refractivity contribution in [3.63, 3.8) is 0 Å². The zero-order chi connectivity index (χ0) is 10.2. The normalized spacial score (nSPS) is 24.5. The maximum Gasteiger partial charge on any atom is 0.180 e. The SMILES string of the molecule is CC1CNc2ccccc2S(=O)(=O)C1. The van der Waals surface area contributed by atoms with Crippen LogP contribution in [0.4, 0.5) is 5.69 Å². The predicted molar refractivity (Wildman–Crippen MR) is 56.1 cm³/mol. The molecule has 0 amide bonds. The van der Waals surface area contributed by atoms with E-state index < -0.39 is 9.84 Å². The highest BCUT2D eigenvalue weighted by Gasteiger charge is 2.24. The number of benzene rings is 1. The van der Waals surface area contributed by atoms with Crippen LogP contribution in [0.1, 0.15) is 6.92 Å². The summed E-state index contributed by atoms with van der Waals surface area (Å²) in [6, 6.07) is 7.08. The van der Waals surface area contributed by atoms with Gasteiger partial charge in [0.1, 0.15) is 0 Å². The third-order valence-electron chi connectivity index (χ3n) is 2.37. The van der Waals surface area contributed by atoms with E-state index in [1.807, 2.05) is 19.1 Å². The maximum absolute atomic E-state index is 11.9. The van der Waals surface area contributed by atoms with Crippen molar-refractivity contribution in [1.29, 1.82) is 0 Å². The van der Waals surface area contributed by atoms with Crippen molar-refractivity contribution < 1.29 is 8.42 Å². The average molecular weight is 211 g/mol. The van der Waals surface area contributed by atoms with Gasteiger partial charge in [-0.3, -0.25) is 0 Å². The second kappa shape index (κ2) is 3.28. The van der Waals surface area contributed by atoms with E-state index in [1.54, 1.807) is 12.1 Å². The molecule has 0 bridgehead atoms. The number of hydrogen-bond donors (Lipinski definition) is 1. The van der Waals surface area contributed by atoms with E-state index in [1.165, 1.54) is 0 Å². The molecule has 0 spiro atoms. The van der Waals surface area contributed by atoms with Gasteiger partial charge in [0, 0.05) is 6.54 Å². The van der Waals surface area contributed by atoms with E-state index in [4.69, 9.17) is 0 Å². The Morgan fingerprint density at radius 2 is 2.07 bits per heavy atom. The van der Waals surface area contributed by atoms with Gasteiger partial charge in [-0.25, -0.2) is 8.42 Å². The van der Waals surface area contributed by atoms with Crippen LogP contribution in [0.15, 0.2) is 29.2 Å². The van der Waals surface area contributed by atoms with Crippen LogP contribution in [0.2, 0.25) is 0 Å². The van der Waals surface area contributed by atoms with E-state index in [0.29, 0.717) is 4.90 Å². The summed E-state index contributed by atoms with van der Waals surface area (Å²) in [6.45, 7) is 2.66. The number of rotatable bonds is 0. The summed E-state index contributed by atoms with van der Waals surface area (Å²) in [5, 5.41) is 3.15. The molecule has 0 radical (unpaired) electrons. The van der Waals surface area contributed by atoms with E-state index >= 15 is 0 Å². The van der Waals surface area contributed by atoms with Gasteiger partial charge in [0.25, 0.3) is 0 Å². The van der Waals surface area contributed by atoms with Gasteiger partial charge in [-0.1, -0.05) is 19.1 Å². The van der Waals surface area contributed by atoms with Gasteiger partial charge in [-0.2, -0.15) is 0 Å². The molecular weight excluding hydrogens is 198 g/mol. The Morgan fingerprint density at radius 3 is 2.86 bits per heavy atom. The van der Waals surface area contributed by atoms with Crippen LogP contribution in [0.3, 0.4) is 0 Å². The van der Waals surface area contributed by atoms with Gasteiger partial charge in [-0.15, -0.1) is 0 Å². The monoisotopic (exact) mass is 211 g/mol. The smallest absolute Gasteiger partial charge is 0.180 e. The molecule has 2 rings (SSSR count). The highest BCUT2D eigenvalue weighted by atomic mass is 32.2. The molecule has 0 aliphatic carbocycles. The van der Waals surface area contributed by atoms with Crippen LogP contribution in [-0.4, -0.2) is 20.7 Å². The van der Waals surface area contributed by atoms with Crippen molar-refractivity contribution in [2.75, 3.05) is 17.6 Å². The van der Waals surface area contributed by atoms with Gasteiger partial charge >= 0.3 is 0 Å². The van der Waals surface area contributed by atoms with Crippen LogP contribution in [0.25, 0.3) is 0 Å². The lowest BCUT2D eigenvalue weighted by Crippen LogP contribution is -2.15. The molecule has 76 valence electrons. The first-order valence-electron chi connectivity index (χ1n) is 4.65. The number of sulfone groups is 1. The summed E-state index contributed by atoms with van der Waals surface area (Å²) >= 11 is 0. The minimum atomic E-state index is -3.09. The molecule has 0 fully saturated rings. The van der Waals surface area contributed by atoms with Crippen molar-refractivity contribution in [2.24, 2.45) is 5.92 Å². The zero-order valence-corrected chi connectivity index (χ0v) is 8.84. The topological polar surface area (TPSA) is 46.2 Å². The minimum absolute atomic E-state index is 0.160. The van der Waals surface area contributed by atoms with Crippen LogP contribution in [0.5, 0.6) is 0 Å². The van der Waals surface area contributed by atoms with Gasteiger partial charge in [0.15, 0.2) is 9.84 Å². The predicted octanol–water partition coefficient (Wildman–Crippen LogP) is 1.52.